The Morgan fingerprint density at radius 1 is 1.56 bits per heavy atom. The van der Waals surface area contributed by atoms with Gasteiger partial charge in [0, 0.05) is 12.6 Å². The highest BCUT2D eigenvalue weighted by atomic mass is 16.6. The topological polar surface area (TPSA) is 74.4 Å². The predicted octanol–water partition coefficient (Wildman–Crippen LogP) is 1.98. The molecule has 1 aromatic rings. The quantitative estimate of drug-likeness (QED) is 0.437. The molecular formula is C10H14N2O4. The molecule has 6 nitrogen and oxygen atoms in total. The zero-order valence-corrected chi connectivity index (χ0v) is 9.30. The first-order chi connectivity index (χ1) is 7.60. The lowest BCUT2D eigenvalue weighted by molar-refractivity contribution is -0.384. The first-order valence-corrected chi connectivity index (χ1v) is 5.11. The Bertz CT molecular complexity index is 398. The molecule has 88 valence electrons. The number of aromatic nitrogens is 1. The van der Waals surface area contributed by atoms with Crippen molar-refractivity contribution in [3.8, 4) is 0 Å². The van der Waals surface area contributed by atoms with Crippen LogP contribution in [-0.2, 0) is 11.3 Å². The number of carbonyl (C=O) groups excluding carboxylic acids is 1. The maximum Gasteiger partial charge on any atom is 0.355 e. The summed E-state index contributed by atoms with van der Waals surface area (Å²) in [7, 11) is 0. The second kappa shape index (κ2) is 5.29. The number of nitrogens with zero attached hydrogens (tertiary/aromatic N) is 2. The Labute approximate surface area is 93.0 Å². The van der Waals surface area contributed by atoms with Gasteiger partial charge in [-0.3, -0.25) is 10.1 Å². The molecule has 0 unspecified atom stereocenters. The zero-order valence-electron chi connectivity index (χ0n) is 9.30. The van der Waals surface area contributed by atoms with Crippen LogP contribution in [0.2, 0.25) is 0 Å². The molecule has 0 atom stereocenters. The van der Waals surface area contributed by atoms with Gasteiger partial charge in [0.05, 0.1) is 17.7 Å². The third kappa shape index (κ3) is 2.59. The third-order valence-electron chi connectivity index (χ3n) is 2.08. The van der Waals surface area contributed by atoms with E-state index in [1.54, 1.807) is 6.92 Å². The summed E-state index contributed by atoms with van der Waals surface area (Å²) >= 11 is 0. The largest absolute Gasteiger partial charge is 0.461 e. The summed E-state index contributed by atoms with van der Waals surface area (Å²) in [6.45, 7) is 4.50. The van der Waals surface area contributed by atoms with E-state index in [0.717, 1.165) is 6.42 Å². The van der Waals surface area contributed by atoms with Crippen LogP contribution in [0.3, 0.4) is 0 Å². The maximum atomic E-state index is 11.6. The Hall–Kier alpha value is -1.85. The SMILES string of the molecule is CCCOC(=O)c1cc([N+](=O)[O-])cn1CC. The van der Waals surface area contributed by atoms with E-state index < -0.39 is 10.9 Å². The standard InChI is InChI=1S/C10H14N2O4/c1-3-5-16-10(13)9-6-8(12(14)15)7-11(9)4-2/h6-7H,3-5H2,1-2H3. The summed E-state index contributed by atoms with van der Waals surface area (Å²) < 4.78 is 6.44. The van der Waals surface area contributed by atoms with Crippen molar-refractivity contribution in [2.24, 2.45) is 0 Å². The average molecular weight is 226 g/mol. The van der Waals surface area contributed by atoms with Crippen LogP contribution in [0.1, 0.15) is 30.8 Å². The third-order valence-corrected chi connectivity index (χ3v) is 2.08. The van der Waals surface area contributed by atoms with Gasteiger partial charge in [0.15, 0.2) is 0 Å². The fraction of sp³-hybridized carbons (Fsp3) is 0.500. The minimum Gasteiger partial charge on any atom is -0.461 e. The number of nitro groups is 1. The second-order valence-corrected chi connectivity index (χ2v) is 3.26. The van der Waals surface area contributed by atoms with E-state index in [1.807, 2.05) is 6.92 Å². The van der Waals surface area contributed by atoms with Crippen LogP contribution in [0.25, 0.3) is 0 Å². The van der Waals surface area contributed by atoms with E-state index in [0.29, 0.717) is 13.2 Å². The first-order valence-electron chi connectivity index (χ1n) is 5.11. The van der Waals surface area contributed by atoms with E-state index in [1.165, 1.54) is 16.8 Å². The fourth-order valence-corrected chi connectivity index (χ4v) is 1.30. The lowest BCUT2D eigenvalue weighted by Gasteiger charge is -2.04. The van der Waals surface area contributed by atoms with E-state index in [4.69, 9.17) is 4.74 Å². The number of ether oxygens (including phenoxy) is 1. The van der Waals surface area contributed by atoms with Crippen LogP contribution in [0.15, 0.2) is 12.3 Å². The lowest BCUT2D eigenvalue weighted by atomic mass is 10.4. The van der Waals surface area contributed by atoms with Gasteiger partial charge in [0.2, 0.25) is 0 Å². The van der Waals surface area contributed by atoms with Crippen molar-refractivity contribution in [2.75, 3.05) is 6.61 Å². The van der Waals surface area contributed by atoms with Crippen molar-refractivity contribution in [2.45, 2.75) is 26.8 Å². The number of hydrogen-bond donors (Lipinski definition) is 0. The Balaban J connectivity index is 2.93. The molecule has 0 N–H and O–H groups in total. The Morgan fingerprint density at radius 2 is 2.25 bits per heavy atom. The summed E-state index contributed by atoms with van der Waals surface area (Å²) in [5.41, 5.74) is 0.132. The molecule has 0 aromatic carbocycles. The van der Waals surface area contributed by atoms with Crippen molar-refractivity contribution in [3.05, 3.63) is 28.1 Å². The minimum atomic E-state index is -0.525. The molecule has 0 saturated heterocycles. The highest BCUT2D eigenvalue weighted by Gasteiger charge is 2.19. The van der Waals surface area contributed by atoms with Crippen molar-refractivity contribution in [3.63, 3.8) is 0 Å². The summed E-state index contributed by atoms with van der Waals surface area (Å²) in [5, 5.41) is 10.6. The van der Waals surface area contributed by atoms with E-state index >= 15 is 0 Å². The van der Waals surface area contributed by atoms with Crippen molar-refractivity contribution < 1.29 is 14.5 Å². The molecular weight excluding hydrogens is 212 g/mol. The summed E-state index contributed by atoms with van der Waals surface area (Å²) in [5.74, 6) is -0.517. The monoisotopic (exact) mass is 226 g/mol. The average Bonchev–Trinajstić information content (AvgIpc) is 2.69. The fourth-order valence-electron chi connectivity index (χ4n) is 1.30. The van der Waals surface area contributed by atoms with Gasteiger partial charge in [-0.05, 0) is 13.3 Å². The molecule has 6 heteroatoms. The van der Waals surface area contributed by atoms with Gasteiger partial charge in [0.1, 0.15) is 5.69 Å². The Kier molecular flexibility index (Phi) is 4.04. The highest BCUT2D eigenvalue weighted by molar-refractivity contribution is 5.88. The zero-order chi connectivity index (χ0) is 12.1. The summed E-state index contributed by atoms with van der Waals surface area (Å²) in [6.07, 6.45) is 2.06. The molecule has 0 aliphatic rings. The minimum absolute atomic E-state index is 0.0923. The van der Waals surface area contributed by atoms with Crippen LogP contribution in [0, 0.1) is 10.1 Å². The van der Waals surface area contributed by atoms with Gasteiger partial charge in [-0.1, -0.05) is 6.92 Å². The van der Waals surface area contributed by atoms with Gasteiger partial charge in [-0.2, -0.15) is 0 Å². The van der Waals surface area contributed by atoms with Crippen LogP contribution in [-0.4, -0.2) is 22.1 Å². The number of rotatable bonds is 5. The van der Waals surface area contributed by atoms with Crippen LogP contribution in [0.4, 0.5) is 5.69 Å². The summed E-state index contributed by atoms with van der Waals surface area (Å²) in [6, 6.07) is 1.24. The van der Waals surface area contributed by atoms with Crippen molar-refractivity contribution in [1.29, 1.82) is 0 Å². The molecule has 1 aromatic heterocycles. The molecule has 1 rings (SSSR count). The molecule has 0 aliphatic carbocycles. The molecule has 16 heavy (non-hydrogen) atoms. The second-order valence-electron chi connectivity index (χ2n) is 3.26. The highest BCUT2D eigenvalue weighted by Crippen LogP contribution is 2.17. The van der Waals surface area contributed by atoms with E-state index in [-0.39, 0.29) is 11.4 Å². The molecule has 1 heterocycles. The van der Waals surface area contributed by atoms with Crippen molar-refractivity contribution >= 4 is 11.7 Å². The number of carbonyl (C=O) groups is 1. The Morgan fingerprint density at radius 3 is 2.75 bits per heavy atom. The van der Waals surface area contributed by atoms with E-state index in [9.17, 15) is 14.9 Å². The van der Waals surface area contributed by atoms with Crippen LogP contribution in [0.5, 0.6) is 0 Å². The number of esters is 1. The molecule has 0 saturated carbocycles. The molecule has 0 amide bonds. The molecule has 0 fully saturated rings. The molecule has 0 bridgehead atoms. The summed E-state index contributed by atoms with van der Waals surface area (Å²) in [4.78, 5) is 21.6. The molecule has 0 radical (unpaired) electrons. The number of hydrogen-bond acceptors (Lipinski definition) is 4. The van der Waals surface area contributed by atoms with Gasteiger partial charge in [-0.15, -0.1) is 0 Å². The smallest absolute Gasteiger partial charge is 0.355 e. The van der Waals surface area contributed by atoms with Crippen molar-refractivity contribution in [1.82, 2.24) is 4.57 Å². The number of aryl methyl sites for hydroxylation is 1. The predicted molar refractivity (Wildman–Crippen MR) is 57.3 cm³/mol. The lowest BCUT2D eigenvalue weighted by Crippen LogP contribution is -2.11. The van der Waals surface area contributed by atoms with E-state index in [2.05, 4.69) is 0 Å². The molecule has 0 aliphatic heterocycles. The van der Waals surface area contributed by atoms with Gasteiger partial charge >= 0.3 is 5.97 Å². The van der Waals surface area contributed by atoms with Gasteiger partial charge in [-0.25, -0.2) is 4.79 Å². The maximum absolute atomic E-state index is 11.6. The molecule has 0 spiro atoms. The van der Waals surface area contributed by atoms with Gasteiger partial charge in [0.25, 0.3) is 5.69 Å². The van der Waals surface area contributed by atoms with Gasteiger partial charge < -0.3 is 9.30 Å². The first kappa shape index (κ1) is 12.2. The van der Waals surface area contributed by atoms with Crippen LogP contribution < -0.4 is 0 Å². The normalized spacial score (nSPS) is 10.1. The van der Waals surface area contributed by atoms with Crippen LogP contribution >= 0.6 is 0 Å².